The molecule has 0 bridgehead atoms. The van der Waals surface area contributed by atoms with Crippen molar-refractivity contribution in [3.63, 3.8) is 0 Å². The molecular weight excluding hydrogens is 166 g/mol. The molecule has 0 aliphatic rings. The number of nitrogens with two attached hydrogens (primary N) is 2. The van der Waals surface area contributed by atoms with Gasteiger partial charge >= 0.3 is 0 Å². The number of furan rings is 1. The third-order valence-corrected chi connectivity index (χ3v) is 1.73. The number of nitrogen functional groups attached to an aromatic ring is 2. The maximum atomic E-state index is 5.66. The molecule has 2 rings (SSSR count). The van der Waals surface area contributed by atoms with Gasteiger partial charge in [0.25, 0.3) is 0 Å². The molecule has 0 spiro atoms. The summed E-state index contributed by atoms with van der Waals surface area (Å²) < 4.78 is 5.18. The van der Waals surface area contributed by atoms with Crippen molar-refractivity contribution in [1.82, 2.24) is 4.98 Å². The van der Waals surface area contributed by atoms with E-state index >= 15 is 0 Å². The molecule has 0 atom stereocenters. The van der Waals surface area contributed by atoms with Crippen LogP contribution in [0, 0.1) is 0 Å². The number of nitrogens with zero attached hydrogens (tertiary/aromatic N) is 1. The quantitative estimate of drug-likeness (QED) is 0.688. The summed E-state index contributed by atoms with van der Waals surface area (Å²) in [6.45, 7) is 0. The van der Waals surface area contributed by atoms with Gasteiger partial charge in [0.15, 0.2) is 0 Å². The number of pyridine rings is 1. The van der Waals surface area contributed by atoms with Crippen LogP contribution in [0.1, 0.15) is 0 Å². The highest BCUT2D eigenvalue weighted by atomic mass is 16.3. The van der Waals surface area contributed by atoms with Gasteiger partial charge in [-0.3, -0.25) is 0 Å². The maximum Gasteiger partial charge on any atom is 0.137 e. The summed E-state index contributed by atoms with van der Waals surface area (Å²) in [4.78, 5) is 3.93. The van der Waals surface area contributed by atoms with Crippen molar-refractivity contribution < 1.29 is 4.42 Å². The van der Waals surface area contributed by atoms with Gasteiger partial charge in [-0.2, -0.15) is 0 Å². The summed E-state index contributed by atoms with van der Waals surface area (Å²) in [7, 11) is 0. The Morgan fingerprint density at radius 1 is 1.15 bits per heavy atom. The average Bonchev–Trinajstić information content (AvgIpc) is 2.56. The molecule has 0 saturated heterocycles. The summed E-state index contributed by atoms with van der Waals surface area (Å²) in [5, 5.41) is 0. The monoisotopic (exact) mass is 175 g/mol. The Kier molecular flexibility index (Phi) is 1.66. The zero-order chi connectivity index (χ0) is 9.26. The van der Waals surface area contributed by atoms with Crippen LogP contribution in [-0.4, -0.2) is 4.98 Å². The summed E-state index contributed by atoms with van der Waals surface area (Å²) in [6, 6.07) is 7.10. The number of hydrogen-bond donors (Lipinski definition) is 2. The van der Waals surface area contributed by atoms with Crippen LogP contribution >= 0.6 is 0 Å². The second-order valence-electron chi connectivity index (χ2n) is 2.65. The number of hydrogen-bond acceptors (Lipinski definition) is 4. The lowest BCUT2D eigenvalue weighted by Gasteiger charge is -2.01. The fourth-order valence-corrected chi connectivity index (χ4v) is 1.13. The molecule has 0 unspecified atom stereocenters. The van der Waals surface area contributed by atoms with E-state index in [2.05, 4.69) is 4.98 Å². The summed E-state index contributed by atoms with van der Waals surface area (Å²) in [6.07, 6.45) is 1.59. The molecule has 0 aromatic carbocycles. The third-order valence-electron chi connectivity index (χ3n) is 1.73. The van der Waals surface area contributed by atoms with Gasteiger partial charge in [-0.1, -0.05) is 0 Å². The lowest BCUT2D eigenvalue weighted by atomic mass is 10.2. The Hall–Kier alpha value is -1.97. The molecule has 0 aliphatic heterocycles. The fraction of sp³-hybridized carbons (Fsp3) is 0. The highest BCUT2D eigenvalue weighted by Crippen LogP contribution is 2.25. The lowest BCUT2D eigenvalue weighted by molar-refractivity contribution is 0.582. The van der Waals surface area contributed by atoms with E-state index < -0.39 is 0 Å². The van der Waals surface area contributed by atoms with Crippen molar-refractivity contribution >= 4 is 11.6 Å². The first-order valence-corrected chi connectivity index (χ1v) is 3.83. The van der Waals surface area contributed by atoms with Crippen molar-refractivity contribution in [3.05, 3.63) is 30.5 Å². The second-order valence-corrected chi connectivity index (χ2v) is 2.65. The first-order chi connectivity index (χ1) is 6.27. The smallest absolute Gasteiger partial charge is 0.137 e. The maximum absolute atomic E-state index is 5.66. The molecule has 0 saturated carbocycles. The van der Waals surface area contributed by atoms with Crippen LogP contribution in [0.25, 0.3) is 11.3 Å². The van der Waals surface area contributed by atoms with Gasteiger partial charge in [0.05, 0.1) is 11.8 Å². The second kappa shape index (κ2) is 2.82. The molecule has 4 nitrogen and oxygen atoms in total. The van der Waals surface area contributed by atoms with Gasteiger partial charge in [0.1, 0.15) is 17.4 Å². The van der Waals surface area contributed by atoms with Crippen LogP contribution in [0.15, 0.2) is 34.9 Å². The van der Waals surface area contributed by atoms with E-state index in [4.69, 9.17) is 15.9 Å². The topological polar surface area (TPSA) is 78.1 Å². The third kappa shape index (κ3) is 1.33. The van der Waals surface area contributed by atoms with Crippen LogP contribution in [0.2, 0.25) is 0 Å². The Labute approximate surface area is 75.2 Å². The molecule has 2 heterocycles. The first-order valence-electron chi connectivity index (χ1n) is 3.83. The molecule has 0 aliphatic carbocycles. The van der Waals surface area contributed by atoms with E-state index in [1.54, 1.807) is 24.5 Å². The Bertz CT molecular complexity index is 409. The van der Waals surface area contributed by atoms with Gasteiger partial charge in [-0.05, 0) is 24.3 Å². The Balaban J connectivity index is 2.53. The molecule has 0 amide bonds. The predicted molar refractivity (Wildman–Crippen MR) is 50.8 cm³/mol. The average molecular weight is 175 g/mol. The van der Waals surface area contributed by atoms with Crippen LogP contribution in [0.4, 0.5) is 11.6 Å². The number of anilines is 2. The van der Waals surface area contributed by atoms with Gasteiger partial charge < -0.3 is 15.9 Å². The Morgan fingerprint density at radius 2 is 2.00 bits per heavy atom. The zero-order valence-corrected chi connectivity index (χ0v) is 6.90. The Morgan fingerprint density at radius 3 is 2.62 bits per heavy atom. The summed E-state index contributed by atoms with van der Waals surface area (Å²) in [5.41, 5.74) is 11.9. The van der Waals surface area contributed by atoms with Crippen LogP contribution < -0.4 is 11.5 Å². The van der Waals surface area contributed by atoms with E-state index in [9.17, 15) is 0 Å². The van der Waals surface area contributed by atoms with Crippen molar-refractivity contribution in [3.8, 4) is 11.3 Å². The molecule has 13 heavy (non-hydrogen) atoms. The molecule has 2 aromatic rings. The summed E-state index contributed by atoms with van der Waals surface area (Å²) in [5.74, 6) is 1.49. The van der Waals surface area contributed by atoms with E-state index in [-0.39, 0.29) is 0 Å². The fourth-order valence-electron chi connectivity index (χ4n) is 1.13. The minimum Gasteiger partial charge on any atom is -0.464 e. The normalized spacial score (nSPS) is 10.2. The molecule has 0 radical (unpaired) electrons. The first kappa shape index (κ1) is 7.67. The van der Waals surface area contributed by atoms with Crippen molar-refractivity contribution in [2.75, 3.05) is 11.5 Å². The molecule has 2 aromatic heterocycles. The van der Waals surface area contributed by atoms with E-state index in [1.807, 2.05) is 6.07 Å². The molecule has 4 heteroatoms. The van der Waals surface area contributed by atoms with Gasteiger partial charge in [-0.25, -0.2) is 4.98 Å². The standard InChI is InChI=1S/C9H9N3O/c10-8-4-3-6(9(11)12-8)7-2-1-5-13-7/h1-5H,(H4,10,11,12). The molecule has 66 valence electrons. The molecular formula is C9H9N3O. The van der Waals surface area contributed by atoms with E-state index in [1.165, 1.54) is 0 Å². The van der Waals surface area contributed by atoms with Crippen LogP contribution in [-0.2, 0) is 0 Å². The van der Waals surface area contributed by atoms with Crippen LogP contribution in [0.5, 0.6) is 0 Å². The van der Waals surface area contributed by atoms with Crippen molar-refractivity contribution in [1.29, 1.82) is 0 Å². The highest BCUT2D eigenvalue weighted by Gasteiger charge is 2.05. The minimum atomic E-state index is 0.384. The molecule has 0 fully saturated rings. The lowest BCUT2D eigenvalue weighted by Crippen LogP contribution is -1.97. The van der Waals surface area contributed by atoms with E-state index in [0.717, 1.165) is 5.56 Å². The SMILES string of the molecule is Nc1ccc(-c2ccco2)c(N)n1. The van der Waals surface area contributed by atoms with Gasteiger partial charge in [0, 0.05) is 0 Å². The van der Waals surface area contributed by atoms with Crippen LogP contribution in [0.3, 0.4) is 0 Å². The predicted octanol–water partition coefficient (Wildman–Crippen LogP) is 1.51. The van der Waals surface area contributed by atoms with Crippen molar-refractivity contribution in [2.24, 2.45) is 0 Å². The summed E-state index contributed by atoms with van der Waals surface area (Å²) >= 11 is 0. The van der Waals surface area contributed by atoms with Gasteiger partial charge in [-0.15, -0.1) is 0 Å². The molecule has 4 N–H and O–H groups in total. The van der Waals surface area contributed by atoms with E-state index in [0.29, 0.717) is 17.4 Å². The number of aromatic nitrogens is 1. The number of rotatable bonds is 1. The highest BCUT2D eigenvalue weighted by molar-refractivity contribution is 5.70. The largest absolute Gasteiger partial charge is 0.464 e. The minimum absolute atomic E-state index is 0.384. The van der Waals surface area contributed by atoms with Gasteiger partial charge in [0.2, 0.25) is 0 Å². The zero-order valence-electron chi connectivity index (χ0n) is 6.90. The van der Waals surface area contributed by atoms with Crippen molar-refractivity contribution in [2.45, 2.75) is 0 Å².